The third-order valence-corrected chi connectivity index (χ3v) is 4.73. The third-order valence-electron chi connectivity index (χ3n) is 4.24. The normalized spacial score (nSPS) is 16.6. The first kappa shape index (κ1) is 18.0. The van der Waals surface area contributed by atoms with Crippen molar-refractivity contribution in [2.75, 3.05) is 32.8 Å². The second-order valence-electron chi connectivity index (χ2n) is 5.98. The first-order chi connectivity index (χ1) is 12.0. The molecule has 2 aromatic rings. The molecule has 7 heteroatoms. The molecule has 1 aromatic heterocycles. The predicted octanol–water partition coefficient (Wildman–Crippen LogP) is 2.86. The van der Waals surface area contributed by atoms with Gasteiger partial charge in [-0.1, -0.05) is 15.9 Å². The predicted molar refractivity (Wildman–Crippen MR) is 96.7 cm³/mol. The van der Waals surface area contributed by atoms with Crippen molar-refractivity contribution in [1.82, 2.24) is 10.2 Å². The van der Waals surface area contributed by atoms with Gasteiger partial charge in [0, 0.05) is 24.1 Å². The molecule has 0 aliphatic carbocycles. The van der Waals surface area contributed by atoms with Crippen LogP contribution in [0.2, 0.25) is 0 Å². The molecule has 2 heterocycles. The molecule has 0 saturated carbocycles. The minimum Gasteiger partial charge on any atom is -0.507 e. The van der Waals surface area contributed by atoms with E-state index in [9.17, 15) is 9.90 Å². The summed E-state index contributed by atoms with van der Waals surface area (Å²) in [5, 5.41) is 12.8. The Morgan fingerprint density at radius 2 is 2.08 bits per heavy atom. The van der Waals surface area contributed by atoms with Crippen molar-refractivity contribution in [2.45, 2.75) is 13.0 Å². The quantitative estimate of drug-likeness (QED) is 0.795. The zero-order valence-electron chi connectivity index (χ0n) is 14.0. The molecule has 1 atom stereocenters. The number of furan rings is 1. The van der Waals surface area contributed by atoms with Gasteiger partial charge in [-0.15, -0.1) is 0 Å². The van der Waals surface area contributed by atoms with Crippen LogP contribution in [0.3, 0.4) is 0 Å². The van der Waals surface area contributed by atoms with E-state index in [0.29, 0.717) is 19.8 Å². The molecule has 1 aliphatic rings. The SMILES string of the molecule is Cc1ccc(C(CNC(=O)c2cc(Br)ccc2O)N2CCOCC2)o1. The van der Waals surface area contributed by atoms with Gasteiger partial charge in [0.2, 0.25) is 0 Å². The fourth-order valence-corrected chi connectivity index (χ4v) is 3.27. The molecule has 0 spiro atoms. The van der Waals surface area contributed by atoms with Gasteiger partial charge in [-0.2, -0.15) is 0 Å². The maximum Gasteiger partial charge on any atom is 0.255 e. The van der Waals surface area contributed by atoms with E-state index < -0.39 is 0 Å². The minimum absolute atomic E-state index is 0.0440. The van der Waals surface area contributed by atoms with Crippen LogP contribution in [0, 0.1) is 6.92 Å². The van der Waals surface area contributed by atoms with Gasteiger partial charge in [-0.3, -0.25) is 9.69 Å². The highest BCUT2D eigenvalue weighted by molar-refractivity contribution is 9.10. The molecule has 0 radical (unpaired) electrons. The van der Waals surface area contributed by atoms with Gasteiger partial charge in [-0.25, -0.2) is 0 Å². The summed E-state index contributed by atoms with van der Waals surface area (Å²) in [6, 6.07) is 8.58. The van der Waals surface area contributed by atoms with Crippen molar-refractivity contribution in [3.05, 3.63) is 51.9 Å². The van der Waals surface area contributed by atoms with Crippen molar-refractivity contribution in [1.29, 1.82) is 0 Å². The molecular formula is C18H21BrN2O4. The van der Waals surface area contributed by atoms with Crippen LogP contribution in [0.25, 0.3) is 0 Å². The van der Waals surface area contributed by atoms with Crippen LogP contribution in [-0.2, 0) is 4.74 Å². The number of nitrogens with zero attached hydrogens (tertiary/aromatic N) is 1. The van der Waals surface area contributed by atoms with Gasteiger partial charge >= 0.3 is 0 Å². The Bertz CT molecular complexity index is 740. The molecule has 134 valence electrons. The minimum atomic E-state index is -0.319. The summed E-state index contributed by atoms with van der Waals surface area (Å²) in [6.07, 6.45) is 0. The van der Waals surface area contributed by atoms with Crippen molar-refractivity contribution in [2.24, 2.45) is 0 Å². The van der Waals surface area contributed by atoms with Gasteiger partial charge in [0.15, 0.2) is 0 Å². The Labute approximate surface area is 154 Å². The highest BCUT2D eigenvalue weighted by Crippen LogP contribution is 2.25. The fraction of sp³-hybridized carbons (Fsp3) is 0.389. The van der Waals surface area contributed by atoms with E-state index in [2.05, 4.69) is 26.1 Å². The van der Waals surface area contributed by atoms with Crippen LogP contribution in [0.5, 0.6) is 5.75 Å². The Morgan fingerprint density at radius 3 is 2.76 bits per heavy atom. The van der Waals surface area contributed by atoms with E-state index in [1.54, 1.807) is 12.1 Å². The number of nitrogens with one attached hydrogen (secondary N) is 1. The number of aryl methyl sites for hydroxylation is 1. The number of rotatable bonds is 5. The summed E-state index contributed by atoms with van der Waals surface area (Å²) in [6.45, 7) is 5.17. The van der Waals surface area contributed by atoms with E-state index in [-0.39, 0.29) is 23.3 Å². The van der Waals surface area contributed by atoms with Crippen LogP contribution in [0.15, 0.2) is 39.2 Å². The number of carbonyl (C=O) groups excluding carboxylic acids is 1. The smallest absolute Gasteiger partial charge is 0.255 e. The maximum absolute atomic E-state index is 12.5. The topological polar surface area (TPSA) is 74.9 Å². The zero-order chi connectivity index (χ0) is 17.8. The molecule has 1 unspecified atom stereocenters. The van der Waals surface area contributed by atoms with E-state index in [1.807, 2.05) is 19.1 Å². The summed E-state index contributed by atoms with van der Waals surface area (Å²) in [5.74, 6) is 1.29. The molecule has 3 rings (SSSR count). The lowest BCUT2D eigenvalue weighted by Gasteiger charge is -2.33. The van der Waals surface area contributed by atoms with E-state index in [0.717, 1.165) is 29.1 Å². The van der Waals surface area contributed by atoms with Gasteiger partial charge in [-0.05, 0) is 37.3 Å². The lowest BCUT2D eigenvalue weighted by molar-refractivity contribution is 0.0117. The monoisotopic (exact) mass is 408 g/mol. The summed E-state index contributed by atoms with van der Waals surface area (Å²) in [7, 11) is 0. The number of phenols is 1. The van der Waals surface area contributed by atoms with Crippen molar-refractivity contribution < 1.29 is 19.1 Å². The molecule has 2 N–H and O–H groups in total. The number of carbonyl (C=O) groups is 1. The first-order valence-corrected chi connectivity index (χ1v) is 8.99. The molecule has 1 amide bonds. The first-order valence-electron chi connectivity index (χ1n) is 8.19. The van der Waals surface area contributed by atoms with Crippen LogP contribution < -0.4 is 5.32 Å². The summed E-state index contributed by atoms with van der Waals surface area (Å²) in [5.41, 5.74) is 0.241. The molecule has 1 saturated heterocycles. The van der Waals surface area contributed by atoms with E-state index in [1.165, 1.54) is 6.07 Å². The van der Waals surface area contributed by atoms with Gasteiger partial charge in [0.05, 0.1) is 24.8 Å². The average molecular weight is 409 g/mol. The number of amides is 1. The van der Waals surface area contributed by atoms with Crippen LogP contribution in [-0.4, -0.2) is 48.8 Å². The summed E-state index contributed by atoms with van der Waals surface area (Å²) < 4.78 is 11.9. The van der Waals surface area contributed by atoms with Crippen LogP contribution in [0.1, 0.15) is 27.9 Å². The van der Waals surface area contributed by atoms with Gasteiger partial charge in [0.1, 0.15) is 17.3 Å². The Kier molecular flexibility index (Phi) is 5.78. The van der Waals surface area contributed by atoms with E-state index >= 15 is 0 Å². The number of ether oxygens (including phenoxy) is 1. The van der Waals surface area contributed by atoms with Crippen molar-refractivity contribution in [3.63, 3.8) is 0 Å². The number of hydrogen-bond acceptors (Lipinski definition) is 5. The number of halogens is 1. The summed E-state index contributed by atoms with van der Waals surface area (Å²) in [4.78, 5) is 14.7. The average Bonchev–Trinajstić information content (AvgIpc) is 3.04. The fourth-order valence-electron chi connectivity index (χ4n) is 2.91. The lowest BCUT2D eigenvalue weighted by Crippen LogP contribution is -2.43. The number of hydrogen-bond donors (Lipinski definition) is 2. The molecule has 1 aliphatic heterocycles. The van der Waals surface area contributed by atoms with Gasteiger partial charge in [0.25, 0.3) is 5.91 Å². The summed E-state index contributed by atoms with van der Waals surface area (Å²) >= 11 is 3.32. The maximum atomic E-state index is 12.5. The van der Waals surface area contributed by atoms with Gasteiger partial charge < -0.3 is 19.6 Å². The largest absolute Gasteiger partial charge is 0.507 e. The Morgan fingerprint density at radius 1 is 1.32 bits per heavy atom. The second kappa shape index (κ2) is 8.03. The highest BCUT2D eigenvalue weighted by atomic mass is 79.9. The molecule has 1 aromatic carbocycles. The third kappa shape index (κ3) is 4.42. The van der Waals surface area contributed by atoms with Crippen molar-refractivity contribution >= 4 is 21.8 Å². The molecule has 25 heavy (non-hydrogen) atoms. The van der Waals surface area contributed by atoms with Crippen LogP contribution >= 0.6 is 15.9 Å². The molecule has 0 bridgehead atoms. The number of morpholine rings is 1. The molecule has 6 nitrogen and oxygen atoms in total. The lowest BCUT2D eigenvalue weighted by atomic mass is 10.1. The Balaban J connectivity index is 1.73. The number of phenolic OH excluding ortho intramolecular Hbond substituents is 1. The Hall–Kier alpha value is -1.83. The van der Waals surface area contributed by atoms with Crippen LogP contribution in [0.4, 0.5) is 0 Å². The number of aromatic hydroxyl groups is 1. The van der Waals surface area contributed by atoms with Crippen molar-refractivity contribution in [3.8, 4) is 5.75 Å². The zero-order valence-corrected chi connectivity index (χ0v) is 15.6. The second-order valence-corrected chi connectivity index (χ2v) is 6.90. The standard InChI is InChI=1S/C18H21BrN2O4/c1-12-2-5-17(25-12)15(21-6-8-24-9-7-21)11-20-18(23)14-10-13(19)3-4-16(14)22/h2-5,10,15,22H,6-9,11H2,1H3,(H,20,23). The molecule has 1 fully saturated rings. The molecular weight excluding hydrogens is 388 g/mol. The number of benzene rings is 1. The highest BCUT2D eigenvalue weighted by Gasteiger charge is 2.26. The van der Waals surface area contributed by atoms with E-state index in [4.69, 9.17) is 9.15 Å².